The molecule has 1 rings (SSSR count). The lowest BCUT2D eigenvalue weighted by atomic mass is 10.3. The normalized spacial score (nSPS) is 10.2. The molecule has 0 aromatic heterocycles. The fourth-order valence-electron chi connectivity index (χ4n) is 1.22. The first-order valence-corrected chi connectivity index (χ1v) is 5.38. The molecule has 1 N–H and O–H groups in total. The van der Waals surface area contributed by atoms with Crippen LogP contribution in [0.5, 0.6) is 5.75 Å². The van der Waals surface area contributed by atoms with E-state index >= 15 is 0 Å². The molecular formula is C12H18FNO. The minimum absolute atomic E-state index is 0.243. The van der Waals surface area contributed by atoms with Crippen molar-refractivity contribution in [2.75, 3.05) is 26.4 Å². The van der Waals surface area contributed by atoms with Gasteiger partial charge in [0.25, 0.3) is 0 Å². The molecule has 0 saturated heterocycles. The molecule has 0 atom stereocenters. The molecule has 0 amide bonds. The van der Waals surface area contributed by atoms with Gasteiger partial charge in [0.2, 0.25) is 0 Å². The SMILES string of the molecule is FCCCNCCCOc1ccccc1. The second kappa shape index (κ2) is 8.24. The molecule has 0 spiro atoms. The van der Waals surface area contributed by atoms with Crippen molar-refractivity contribution in [2.45, 2.75) is 12.8 Å². The molecule has 0 radical (unpaired) electrons. The summed E-state index contributed by atoms with van der Waals surface area (Å²) in [6, 6.07) is 9.75. The van der Waals surface area contributed by atoms with Crippen LogP contribution in [0.4, 0.5) is 4.39 Å². The van der Waals surface area contributed by atoms with Gasteiger partial charge in [-0.25, -0.2) is 0 Å². The van der Waals surface area contributed by atoms with Crippen LogP contribution in [0.3, 0.4) is 0 Å². The molecule has 84 valence electrons. The first kappa shape index (κ1) is 12.0. The van der Waals surface area contributed by atoms with Crippen molar-refractivity contribution in [2.24, 2.45) is 0 Å². The summed E-state index contributed by atoms with van der Waals surface area (Å²) in [5.74, 6) is 0.904. The molecule has 2 nitrogen and oxygen atoms in total. The predicted molar refractivity (Wildman–Crippen MR) is 60.0 cm³/mol. The minimum atomic E-state index is -0.243. The number of nitrogens with one attached hydrogen (secondary N) is 1. The van der Waals surface area contributed by atoms with Gasteiger partial charge in [-0.05, 0) is 38.1 Å². The van der Waals surface area contributed by atoms with E-state index in [9.17, 15) is 4.39 Å². The van der Waals surface area contributed by atoms with Crippen molar-refractivity contribution in [1.29, 1.82) is 0 Å². The maximum Gasteiger partial charge on any atom is 0.119 e. The van der Waals surface area contributed by atoms with E-state index in [1.54, 1.807) is 0 Å². The van der Waals surface area contributed by atoms with Crippen LogP contribution in [0.2, 0.25) is 0 Å². The predicted octanol–water partition coefficient (Wildman–Crippen LogP) is 2.40. The Kier molecular flexibility index (Phi) is 6.58. The van der Waals surface area contributed by atoms with E-state index in [2.05, 4.69) is 5.32 Å². The molecular weight excluding hydrogens is 193 g/mol. The Morgan fingerprint density at radius 2 is 1.80 bits per heavy atom. The Morgan fingerprint density at radius 3 is 2.53 bits per heavy atom. The van der Waals surface area contributed by atoms with E-state index in [1.165, 1.54) is 0 Å². The van der Waals surface area contributed by atoms with Crippen molar-refractivity contribution in [3.05, 3.63) is 30.3 Å². The van der Waals surface area contributed by atoms with Gasteiger partial charge in [-0.2, -0.15) is 0 Å². The number of alkyl halides is 1. The smallest absolute Gasteiger partial charge is 0.119 e. The van der Waals surface area contributed by atoms with Gasteiger partial charge in [0.15, 0.2) is 0 Å². The largest absolute Gasteiger partial charge is 0.494 e. The number of benzene rings is 1. The monoisotopic (exact) mass is 211 g/mol. The number of rotatable bonds is 8. The number of hydrogen-bond donors (Lipinski definition) is 1. The zero-order chi connectivity index (χ0) is 10.8. The highest BCUT2D eigenvalue weighted by Gasteiger charge is 1.91. The average molecular weight is 211 g/mol. The van der Waals surface area contributed by atoms with Gasteiger partial charge in [-0.1, -0.05) is 18.2 Å². The molecule has 0 bridgehead atoms. The van der Waals surface area contributed by atoms with Crippen LogP contribution in [0.15, 0.2) is 30.3 Å². The lowest BCUT2D eigenvalue weighted by molar-refractivity contribution is 0.307. The minimum Gasteiger partial charge on any atom is -0.494 e. The van der Waals surface area contributed by atoms with Crippen LogP contribution >= 0.6 is 0 Å². The summed E-state index contributed by atoms with van der Waals surface area (Å²) in [4.78, 5) is 0. The van der Waals surface area contributed by atoms with Gasteiger partial charge < -0.3 is 10.1 Å². The Morgan fingerprint density at radius 1 is 1.07 bits per heavy atom. The number of para-hydroxylation sites is 1. The fraction of sp³-hybridized carbons (Fsp3) is 0.500. The van der Waals surface area contributed by atoms with E-state index in [1.807, 2.05) is 30.3 Å². The molecule has 1 aromatic carbocycles. The van der Waals surface area contributed by atoms with Gasteiger partial charge >= 0.3 is 0 Å². The van der Waals surface area contributed by atoms with Crippen molar-refractivity contribution < 1.29 is 9.13 Å². The summed E-state index contributed by atoms with van der Waals surface area (Å²) >= 11 is 0. The van der Waals surface area contributed by atoms with Crippen LogP contribution in [0.25, 0.3) is 0 Å². The van der Waals surface area contributed by atoms with Gasteiger partial charge in [0.1, 0.15) is 5.75 Å². The van der Waals surface area contributed by atoms with Crippen molar-refractivity contribution in [3.8, 4) is 5.75 Å². The maximum absolute atomic E-state index is 11.7. The highest BCUT2D eigenvalue weighted by atomic mass is 19.1. The molecule has 15 heavy (non-hydrogen) atoms. The molecule has 0 aliphatic carbocycles. The topological polar surface area (TPSA) is 21.3 Å². The zero-order valence-electron chi connectivity index (χ0n) is 8.92. The molecule has 0 saturated carbocycles. The Balaban J connectivity index is 1.93. The Labute approximate surface area is 90.4 Å². The number of hydrogen-bond acceptors (Lipinski definition) is 2. The summed E-state index contributed by atoms with van der Waals surface area (Å²) in [6.07, 6.45) is 1.54. The maximum atomic E-state index is 11.7. The average Bonchev–Trinajstić information content (AvgIpc) is 2.29. The number of halogens is 1. The molecule has 0 heterocycles. The first-order chi connectivity index (χ1) is 7.43. The van der Waals surface area contributed by atoms with E-state index < -0.39 is 0 Å². The summed E-state index contributed by atoms with van der Waals surface area (Å²) < 4.78 is 17.2. The molecule has 0 fully saturated rings. The Bertz CT molecular complexity index is 241. The van der Waals surface area contributed by atoms with E-state index in [0.717, 1.165) is 25.3 Å². The van der Waals surface area contributed by atoms with Crippen LogP contribution in [0, 0.1) is 0 Å². The summed E-state index contributed by atoms with van der Waals surface area (Å²) in [5, 5.41) is 3.15. The van der Waals surface area contributed by atoms with Crippen molar-refractivity contribution in [1.82, 2.24) is 5.32 Å². The third-order valence-electron chi connectivity index (χ3n) is 2.00. The van der Waals surface area contributed by atoms with Gasteiger partial charge in [0, 0.05) is 0 Å². The van der Waals surface area contributed by atoms with Crippen LogP contribution in [-0.4, -0.2) is 26.4 Å². The van der Waals surface area contributed by atoms with Crippen LogP contribution in [0.1, 0.15) is 12.8 Å². The summed E-state index contributed by atoms with van der Waals surface area (Å²) in [6.45, 7) is 2.09. The molecule has 0 unspecified atom stereocenters. The van der Waals surface area contributed by atoms with E-state index in [-0.39, 0.29) is 6.67 Å². The fourth-order valence-corrected chi connectivity index (χ4v) is 1.22. The number of ether oxygens (including phenoxy) is 1. The van der Waals surface area contributed by atoms with Crippen molar-refractivity contribution in [3.63, 3.8) is 0 Å². The lowest BCUT2D eigenvalue weighted by Gasteiger charge is -2.06. The highest BCUT2D eigenvalue weighted by Crippen LogP contribution is 2.07. The third-order valence-corrected chi connectivity index (χ3v) is 2.00. The van der Waals surface area contributed by atoms with E-state index in [0.29, 0.717) is 13.0 Å². The molecule has 3 heteroatoms. The summed E-state index contributed by atoms with van der Waals surface area (Å²) in [7, 11) is 0. The lowest BCUT2D eigenvalue weighted by Crippen LogP contribution is -2.19. The van der Waals surface area contributed by atoms with Crippen molar-refractivity contribution >= 4 is 0 Å². The van der Waals surface area contributed by atoms with Crippen LogP contribution in [-0.2, 0) is 0 Å². The second-order valence-corrected chi connectivity index (χ2v) is 3.31. The highest BCUT2D eigenvalue weighted by molar-refractivity contribution is 5.20. The second-order valence-electron chi connectivity index (χ2n) is 3.31. The quantitative estimate of drug-likeness (QED) is 0.667. The first-order valence-electron chi connectivity index (χ1n) is 5.38. The Hall–Kier alpha value is -1.09. The summed E-state index contributed by atoms with van der Waals surface area (Å²) in [5.41, 5.74) is 0. The standard InChI is InChI=1S/C12H18FNO/c13-8-4-9-14-10-5-11-15-12-6-2-1-3-7-12/h1-3,6-7,14H,4-5,8-11H2. The molecule has 0 aliphatic heterocycles. The zero-order valence-corrected chi connectivity index (χ0v) is 8.92. The molecule has 0 aliphatic rings. The third kappa shape index (κ3) is 6.07. The molecule has 1 aromatic rings. The van der Waals surface area contributed by atoms with Gasteiger partial charge in [-0.3, -0.25) is 4.39 Å². The van der Waals surface area contributed by atoms with E-state index in [4.69, 9.17) is 4.74 Å². The van der Waals surface area contributed by atoms with Gasteiger partial charge in [-0.15, -0.1) is 0 Å². The van der Waals surface area contributed by atoms with Gasteiger partial charge in [0.05, 0.1) is 13.3 Å². The van der Waals surface area contributed by atoms with Crippen LogP contribution < -0.4 is 10.1 Å².